The number of ether oxygens (including phenoxy) is 1. The molecule has 21 heavy (non-hydrogen) atoms. The molecule has 1 N–H and O–H groups in total. The quantitative estimate of drug-likeness (QED) is 0.796. The van der Waals surface area contributed by atoms with Crippen LogP contribution in [0.1, 0.15) is 5.56 Å². The summed E-state index contributed by atoms with van der Waals surface area (Å²) in [6.07, 6.45) is 1.60. The Kier molecular flexibility index (Phi) is 3.51. The van der Waals surface area contributed by atoms with Gasteiger partial charge in [0, 0.05) is 6.20 Å². The van der Waals surface area contributed by atoms with Gasteiger partial charge >= 0.3 is 0 Å². The maximum atomic E-state index is 11.9. The number of aromatic nitrogens is 2. The molecule has 0 aliphatic heterocycles. The van der Waals surface area contributed by atoms with Crippen molar-refractivity contribution in [2.75, 3.05) is 11.9 Å². The normalized spacial score (nSPS) is 10.5. The molecule has 0 fully saturated rings. The third-order valence-corrected chi connectivity index (χ3v) is 2.87. The monoisotopic (exact) mass is 283 g/mol. The zero-order valence-corrected chi connectivity index (χ0v) is 11.4. The van der Waals surface area contributed by atoms with Crippen molar-refractivity contribution < 1.29 is 14.1 Å². The highest BCUT2D eigenvalue weighted by Crippen LogP contribution is 2.20. The van der Waals surface area contributed by atoms with Gasteiger partial charge in [0.25, 0.3) is 11.6 Å². The molecule has 0 aliphatic rings. The number of pyridine rings is 1. The number of nitrogens with one attached hydrogen (secondary N) is 1. The predicted octanol–water partition coefficient (Wildman–Crippen LogP) is 2.55. The zero-order chi connectivity index (χ0) is 14.7. The fourth-order valence-corrected chi connectivity index (χ4v) is 1.89. The van der Waals surface area contributed by atoms with Gasteiger partial charge in [-0.2, -0.15) is 0 Å². The summed E-state index contributed by atoms with van der Waals surface area (Å²) in [6.45, 7) is 1.86. The number of aryl methyl sites for hydroxylation is 1. The molecule has 3 aromatic rings. The van der Waals surface area contributed by atoms with Crippen molar-refractivity contribution >= 4 is 22.8 Å². The summed E-state index contributed by atoms with van der Waals surface area (Å²) in [5.41, 5.74) is 1.45. The van der Waals surface area contributed by atoms with Crippen LogP contribution < -0.4 is 10.1 Å². The van der Waals surface area contributed by atoms with E-state index in [9.17, 15) is 4.79 Å². The third-order valence-electron chi connectivity index (χ3n) is 2.87. The van der Waals surface area contributed by atoms with Crippen molar-refractivity contribution in [1.29, 1.82) is 0 Å². The lowest BCUT2D eigenvalue weighted by molar-refractivity contribution is -0.118. The summed E-state index contributed by atoms with van der Waals surface area (Å²) in [5.74, 6) is 0.684. The van der Waals surface area contributed by atoms with E-state index >= 15 is 0 Å². The van der Waals surface area contributed by atoms with Gasteiger partial charge in [-0.05, 0) is 36.8 Å². The number of hydrogen-bond donors (Lipinski definition) is 1. The second-order valence-electron chi connectivity index (χ2n) is 4.54. The van der Waals surface area contributed by atoms with E-state index in [0.717, 1.165) is 5.56 Å². The molecule has 1 amide bonds. The first kappa shape index (κ1) is 13.1. The first-order valence-corrected chi connectivity index (χ1v) is 6.42. The number of carbonyl (C=O) groups excluding carboxylic acids is 1. The van der Waals surface area contributed by atoms with Gasteiger partial charge in [0.2, 0.25) is 0 Å². The molecule has 0 radical (unpaired) electrons. The smallest absolute Gasteiger partial charge is 0.263 e. The molecule has 0 saturated heterocycles. The molecule has 0 unspecified atom stereocenters. The molecular weight excluding hydrogens is 270 g/mol. The largest absolute Gasteiger partial charge is 0.484 e. The number of benzene rings is 1. The number of hydrogen-bond acceptors (Lipinski definition) is 5. The van der Waals surface area contributed by atoms with Crippen LogP contribution in [0.2, 0.25) is 0 Å². The fraction of sp³-hybridized carbons (Fsp3) is 0.133. The molecule has 0 aliphatic carbocycles. The molecule has 3 rings (SSSR count). The van der Waals surface area contributed by atoms with Crippen molar-refractivity contribution in [2.24, 2.45) is 0 Å². The standard InChI is InChI=1S/C15H13N3O3/c1-10-4-2-5-11(8-10)20-9-13(19)17-14-12-6-3-7-16-15(12)21-18-14/h2-8H,9H2,1H3,(H,17,18,19). The van der Waals surface area contributed by atoms with E-state index in [1.807, 2.05) is 25.1 Å². The van der Waals surface area contributed by atoms with Crippen molar-refractivity contribution in [2.45, 2.75) is 6.92 Å². The second kappa shape index (κ2) is 5.62. The molecule has 2 aromatic heterocycles. The number of amides is 1. The van der Waals surface area contributed by atoms with E-state index in [4.69, 9.17) is 9.26 Å². The van der Waals surface area contributed by atoms with Crippen molar-refractivity contribution in [3.63, 3.8) is 0 Å². The van der Waals surface area contributed by atoms with E-state index in [2.05, 4.69) is 15.5 Å². The first-order valence-electron chi connectivity index (χ1n) is 6.42. The molecule has 6 heteroatoms. The van der Waals surface area contributed by atoms with E-state index in [1.54, 1.807) is 24.4 Å². The van der Waals surface area contributed by atoms with Crippen LogP contribution in [0.25, 0.3) is 11.1 Å². The minimum absolute atomic E-state index is 0.0991. The second-order valence-corrected chi connectivity index (χ2v) is 4.54. The van der Waals surface area contributed by atoms with Crippen molar-refractivity contribution in [1.82, 2.24) is 10.1 Å². The Balaban J connectivity index is 1.64. The zero-order valence-electron chi connectivity index (χ0n) is 11.4. The van der Waals surface area contributed by atoms with Crippen LogP contribution in [-0.2, 0) is 4.79 Å². The van der Waals surface area contributed by atoms with E-state index in [-0.39, 0.29) is 12.5 Å². The van der Waals surface area contributed by atoms with E-state index in [1.165, 1.54) is 0 Å². The van der Waals surface area contributed by atoms with Crippen LogP contribution in [0.5, 0.6) is 5.75 Å². The fourth-order valence-electron chi connectivity index (χ4n) is 1.89. The van der Waals surface area contributed by atoms with Gasteiger partial charge < -0.3 is 14.6 Å². The number of anilines is 1. The Hall–Kier alpha value is -2.89. The Labute approximate surface area is 120 Å². The molecule has 1 aromatic carbocycles. The average molecular weight is 283 g/mol. The van der Waals surface area contributed by atoms with Gasteiger partial charge in [-0.25, -0.2) is 4.98 Å². The predicted molar refractivity (Wildman–Crippen MR) is 77.1 cm³/mol. The topological polar surface area (TPSA) is 77.2 Å². The highest BCUT2D eigenvalue weighted by atomic mass is 16.5. The number of rotatable bonds is 4. The summed E-state index contributed by atoms with van der Waals surface area (Å²) in [7, 11) is 0. The molecule has 106 valence electrons. The lowest BCUT2D eigenvalue weighted by atomic mass is 10.2. The molecule has 0 atom stereocenters. The Bertz CT molecular complexity index is 782. The van der Waals surface area contributed by atoms with Gasteiger partial charge in [0.1, 0.15) is 5.75 Å². The van der Waals surface area contributed by atoms with Gasteiger partial charge in [-0.1, -0.05) is 17.3 Å². The summed E-state index contributed by atoms with van der Waals surface area (Å²) in [4.78, 5) is 15.9. The maximum Gasteiger partial charge on any atom is 0.263 e. The number of fused-ring (bicyclic) bond motifs is 1. The van der Waals surface area contributed by atoms with Crippen molar-refractivity contribution in [3.05, 3.63) is 48.2 Å². The highest BCUT2D eigenvalue weighted by molar-refractivity contribution is 5.98. The Morgan fingerprint density at radius 1 is 1.33 bits per heavy atom. The van der Waals surface area contributed by atoms with Crippen LogP contribution in [-0.4, -0.2) is 22.7 Å². The summed E-state index contributed by atoms with van der Waals surface area (Å²) >= 11 is 0. The van der Waals surface area contributed by atoms with E-state index < -0.39 is 0 Å². The molecule has 0 bridgehead atoms. The van der Waals surface area contributed by atoms with Gasteiger partial charge in [-0.3, -0.25) is 4.79 Å². The van der Waals surface area contributed by atoms with Crippen LogP contribution in [0.15, 0.2) is 47.1 Å². The summed E-state index contributed by atoms with van der Waals surface area (Å²) in [5, 5.41) is 7.07. The highest BCUT2D eigenvalue weighted by Gasteiger charge is 2.12. The maximum absolute atomic E-state index is 11.9. The van der Waals surface area contributed by atoms with Crippen molar-refractivity contribution in [3.8, 4) is 5.75 Å². The molecule has 2 heterocycles. The minimum atomic E-state index is -0.310. The van der Waals surface area contributed by atoms with Gasteiger partial charge in [0.15, 0.2) is 12.4 Å². The Morgan fingerprint density at radius 3 is 3.10 bits per heavy atom. The molecular formula is C15H13N3O3. The van der Waals surface area contributed by atoms with Gasteiger partial charge in [-0.15, -0.1) is 0 Å². The van der Waals surface area contributed by atoms with Crippen LogP contribution >= 0.6 is 0 Å². The lowest BCUT2D eigenvalue weighted by Crippen LogP contribution is -2.20. The minimum Gasteiger partial charge on any atom is -0.484 e. The lowest BCUT2D eigenvalue weighted by Gasteiger charge is -2.06. The Morgan fingerprint density at radius 2 is 2.24 bits per heavy atom. The van der Waals surface area contributed by atoms with Crippen LogP contribution in [0, 0.1) is 6.92 Å². The number of nitrogens with zero attached hydrogens (tertiary/aromatic N) is 2. The summed E-state index contributed by atoms with van der Waals surface area (Å²) < 4.78 is 10.4. The molecule has 0 saturated carbocycles. The molecule has 0 spiro atoms. The summed E-state index contributed by atoms with van der Waals surface area (Å²) in [6, 6.07) is 11.0. The van der Waals surface area contributed by atoms with Gasteiger partial charge in [0.05, 0.1) is 5.39 Å². The number of carbonyl (C=O) groups is 1. The SMILES string of the molecule is Cc1cccc(OCC(=O)Nc2noc3ncccc23)c1. The molecule has 6 nitrogen and oxygen atoms in total. The first-order chi connectivity index (χ1) is 10.2. The average Bonchev–Trinajstić information content (AvgIpc) is 2.89. The van der Waals surface area contributed by atoms with Crippen LogP contribution in [0.3, 0.4) is 0 Å². The van der Waals surface area contributed by atoms with Crippen LogP contribution in [0.4, 0.5) is 5.82 Å². The van der Waals surface area contributed by atoms with E-state index in [0.29, 0.717) is 22.7 Å². The third kappa shape index (κ3) is 3.00.